The molecule has 1 N–H and O–H groups in total. The van der Waals surface area contributed by atoms with Crippen molar-refractivity contribution in [3.63, 3.8) is 0 Å². The van der Waals surface area contributed by atoms with Gasteiger partial charge in [-0.2, -0.15) is 4.31 Å². The molecule has 2 heterocycles. The summed E-state index contributed by atoms with van der Waals surface area (Å²) in [6, 6.07) is 9.78. The van der Waals surface area contributed by atoms with E-state index < -0.39 is 16.1 Å². The molecule has 0 spiro atoms. The number of carbonyl (C=O) groups excluding carboxylic acids is 2. The van der Waals surface area contributed by atoms with Crippen molar-refractivity contribution in [3.8, 4) is 17.2 Å². The first-order valence-electron chi connectivity index (χ1n) is 11.6. The highest BCUT2D eigenvalue weighted by Gasteiger charge is 2.32. The Kier molecular flexibility index (Phi) is 7.51. The number of rotatable bonds is 7. The van der Waals surface area contributed by atoms with Crippen LogP contribution in [0.1, 0.15) is 18.9 Å². The second kappa shape index (κ2) is 10.6. The Morgan fingerprint density at radius 3 is 2.47 bits per heavy atom. The van der Waals surface area contributed by atoms with Gasteiger partial charge in [0.15, 0.2) is 17.6 Å². The lowest BCUT2D eigenvalue weighted by Gasteiger charge is -2.33. The van der Waals surface area contributed by atoms with Crippen LogP contribution in [0.3, 0.4) is 0 Å². The van der Waals surface area contributed by atoms with Crippen LogP contribution in [0.25, 0.3) is 6.08 Å². The first-order chi connectivity index (χ1) is 17.3. The number of nitrogens with zero attached hydrogens (tertiary/aromatic N) is 2. The van der Waals surface area contributed by atoms with E-state index in [9.17, 15) is 18.0 Å². The summed E-state index contributed by atoms with van der Waals surface area (Å²) in [5, 5.41) is 2.72. The fourth-order valence-electron chi connectivity index (χ4n) is 4.09. The van der Waals surface area contributed by atoms with Gasteiger partial charge < -0.3 is 24.4 Å². The Morgan fingerprint density at radius 2 is 1.81 bits per heavy atom. The van der Waals surface area contributed by atoms with Gasteiger partial charge in [0, 0.05) is 32.3 Å². The Morgan fingerprint density at radius 1 is 1.08 bits per heavy atom. The van der Waals surface area contributed by atoms with Gasteiger partial charge in [-0.1, -0.05) is 13.0 Å². The number of amides is 2. The van der Waals surface area contributed by atoms with Crippen LogP contribution in [0.5, 0.6) is 17.2 Å². The average molecular weight is 516 g/mol. The SMILES string of the molecule is CC[C@@H]1Oc2ccc(S(=O)(=O)N3CCN(C(=O)/C=C/c4ccc(OC)c(OC)c4)CC3)cc2NC1=O. The lowest BCUT2D eigenvalue weighted by atomic mass is 10.2. The van der Waals surface area contributed by atoms with E-state index in [0.29, 0.717) is 29.4 Å². The minimum absolute atomic E-state index is 0.0632. The minimum Gasteiger partial charge on any atom is -0.493 e. The number of hydrogen-bond acceptors (Lipinski definition) is 7. The Labute approximate surface area is 210 Å². The van der Waals surface area contributed by atoms with Gasteiger partial charge in [-0.05, 0) is 48.4 Å². The summed E-state index contributed by atoms with van der Waals surface area (Å²) in [6.07, 6.45) is 3.06. The molecule has 36 heavy (non-hydrogen) atoms. The molecule has 2 amide bonds. The van der Waals surface area contributed by atoms with Crippen LogP contribution in [-0.2, 0) is 19.6 Å². The third-order valence-corrected chi connectivity index (χ3v) is 8.05. The predicted molar refractivity (Wildman–Crippen MR) is 134 cm³/mol. The molecule has 2 aliphatic heterocycles. The Bertz CT molecular complexity index is 1280. The summed E-state index contributed by atoms with van der Waals surface area (Å²) in [4.78, 5) is 26.5. The molecule has 10 nitrogen and oxygen atoms in total. The van der Waals surface area contributed by atoms with E-state index in [1.807, 2.05) is 13.0 Å². The molecular formula is C25H29N3O7S. The lowest BCUT2D eigenvalue weighted by Crippen LogP contribution is -2.50. The largest absolute Gasteiger partial charge is 0.493 e. The Hall–Kier alpha value is -3.57. The summed E-state index contributed by atoms with van der Waals surface area (Å²) in [5.74, 6) is 1.09. The summed E-state index contributed by atoms with van der Waals surface area (Å²) in [7, 11) is -0.713. The molecule has 0 saturated carbocycles. The molecule has 2 aromatic rings. The maximum absolute atomic E-state index is 13.2. The van der Waals surface area contributed by atoms with Gasteiger partial charge >= 0.3 is 0 Å². The van der Waals surface area contributed by atoms with Crippen molar-refractivity contribution in [1.82, 2.24) is 9.21 Å². The third kappa shape index (κ3) is 5.17. The quantitative estimate of drug-likeness (QED) is 0.563. The van der Waals surface area contributed by atoms with Crippen molar-refractivity contribution in [3.05, 3.63) is 48.0 Å². The van der Waals surface area contributed by atoms with E-state index in [-0.39, 0.29) is 42.9 Å². The molecule has 0 unspecified atom stereocenters. The summed E-state index contributed by atoms with van der Waals surface area (Å²) in [6.45, 7) is 2.69. The van der Waals surface area contributed by atoms with Gasteiger partial charge in [-0.3, -0.25) is 9.59 Å². The monoisotopic (exact) mass is 515 g/mol. The highest BCUT2D eigenvalue weighted by Crippen LogP contribution is 2.33. The summed E-state index contributed by atoms with van der Waals surface area (Å²) in [5.41, 5.74) is 1.11. The molecule has 2 aromatic carbocycles. The fraction of sp³-hybridized carbons (Fsp3) is 0.360. The van der Waals surface area contributed by atoms with Crippen LogP contribution in [0.2, 0.25) is 0 Å². The number of anilines is 1. The van der Waals surface area contributed by atoms with E-state index in [0.717, 1.165) is 5.56 Å². The van der Waals surface area contributed by atoms with Crippen LogP contribution >= 0.6 is 0 Å². The second-order valence-electron chi connectivity index (χ2n) is 8.34. The topological polar surface area (TPSA) is 114 Å². The van der Waals surface area contributed by atoms with E-state index in [1.165, 1.54) is 22.5 Å². The standard InChI is InChI=1S/C25H29N3O7S/c1-4-20-25(30)26-19-16-18(7-9-21(19)35-20)36(31,32)28-13-11-27(12-14-28)24(29)10-6-17-5-8-22(33-2)23(15-17)34-3/h5-10,15-16,20H,4,11-14H2,1-3H3,(H,26,30)/b10-6+/t20-/m0/s1. The van der Waals surface area contributed by atoms with E-state index in [4.69, 9.17) is 14.2 Å². The maximum atomic E-state index is 13.2. The zero-order chi connectivity index (χ0) is 25.9. The van der Waals surface area contributed by atoms with Crippen LogP contribution < -0.4 is 19.5 Å². The number of sulfonamides is 1. The molecule has 1 saturated heterocycles. The van der Waals surface area contributed by atoms with Crippen molar-refractivity contribution in [1.29, 1.82) is 0 Å². The normalized spacial score (nSPS) is 18.4. The molecule has 1 fully saturated rings. The number of nitrogens with one attached hydrogen (secondary N) is 1. The number of piperazine rings is 1. The van der Waals surface area contributed by atoms with Gasteiger partial charge in [0.25, 0.3) is 5.91 Å². The van der Waals surface area contributed by atoms with Crippen molar-refractivity contribution in [2.75, 3.05) is 45.7 Å². The molecular weight excluding hydrogens is 486 g/mol. The van der Waals surface area contributed by atoms with Gasteiger partial charge in [0.05, 0.1) is 24.8 Å². The zero-order valence-corrected chi connectivity index (χ0v) is 21.2. The van der Waals surface area contributed by atoms with Crippen molar-refractivity contribution in [2.45, 2.75) is 24.3 Å². The number of fused-ring (bicyclic) bond motifs is 1. The van der Waals surface area contributed by atoms with Crippen LogP contribution in [-0.4, -0.2) is 75.9 Å². The minimum atomic E-state index is -3.81. The summed E-state index contributed by atoms with van der Waals surface area (Å²) >= 11 is 0. The number of hydrogen-bond donors (Lipinski definition) is 1. The zero-order valence-electron chi connectivity index (χ0n) is 20.4. The first kappa shape index (κ1) is 25.5. The fourth-order valence-corrected chi connectivity index (χ4v) is 5.54. The molecule has 1 atom stereocenters. The van der Waals surface area contributed by atoms with Crippen molar-refractivity contribution >= 4 is 33.6 Å². The number of ether oxygens (including phenoxy) is 3. The average Bonchev–Trinajstić information content (AvgIpc) is 2.90. The second-order valence-corrected chi connectivity index (χ2v) is 10.3. The van der Waals surface area contributed by atoms with Gasteiger partial charge in [-0.25, -0.2) is 8.42 Å². The molecule has 0 aliphatic carbocycles. The van der Waals surface area contributed by atoms with Crippen molar-refractivity contribution < 1.29 is 32.2 Å². The smallest absolute Gasteiger partial charge is 0.265 e. The number of methoxy groups -OCH3 is 2. The van der Waals surface area contributed by atoms with Crippen LogP contribution in [0.15, 0.2) is 47.4 Å². The highest BCUT2D eigenvalue weighted by molar-refractivity contribution is 7.89. The van der Waals surface area contributed by atoms with Crippen molar-refractivity contribution in [2.24, 2.45) is 0 Å². The van der Waals surface area contributed by atoms with Gasteiger partial charge in [0.1, 0.15) is 5.75 Å². The highest BCUT2D eigenvalue weighted by atomic mass is 32.2. The molecule has 11 heteroatoms. The third-order valence-electron chi connectivity index (χ3n) is 6.16. The number of benzene rings is 2. The molecule has 2 aliphatic rings. The molecule has 4 rings (SSSR count). The van der Waals surface area contributed by atoms with E-state index >= 15 is 0 Å². The molecule has 192 valence electrons. The first-order valence-corrected chi connectivity index (χ1v) is 13.0. The summed E-state index contributed by atoms with van der Waals surface area (Å²) < 4.78 is 43.9. The van der Waals surface area contributed by atoms with Gasteiger partial charge in [0.2, 0.25) is 15.9 Å². The van der Waals surface area contributed by atoms with Crippen LogP contribution in [0.4, 0.5) is 5.69 Å². The van der Waals surface area contributed by atoms with E-state index in [2.05, 4.69) is 5.32 Å². The maximum Gasteiger partial charge on any atom is 0.265 e. The van der Waals surface area contributed by atoms with Gasteiger partial charge in [-0.15, -0.1) is 0 Å². The molecule has 0 bridgehead atoms. The van der Waals surface area contributed by atoms with Crippen LogP contribution in [0, 0.1) is 0 Å². The predicted octanol–water partition coefficient (Wildman–Crippen LogP) is 2.36. The van der Waals surface area contributed by atoms with E-state index in [1.54, 1.807) is 43.4 Å². The lowest BCUT2D eigenvalue weighted by molar-refractivity contribution is -0.127. The Balaban J connectivity index is 1.39. The molecule has 0 aromatic heterocycles. The number of carbonyl (C=O) groups is 2. The molecule has 0 radical (unpaired) electrons.